The van der Waals surface area contributed by atoms with Crippen LogP contribution in [0.4, 0.5) is 5.69 Å². The second-order valence-electron chi connectivity index (χ2n) is 5.78. The van der Waals surface area contributed by atoms with E-state index in [9.17, 15) is 9.90 Å². The van der Waals surface area contributed by atoms with Crippen LogP contribution in [0.25, 0.3) is 0 Å². The molecule has 1 saturated heterocycles. The van der Waals surface area contributed by atoms with Crippen molar-refractivity contribution < 1.29 is 9.90 Å². The van der Waals surface area contributed by atoms with Crippen molar-refractivity contribution in [1.29, 1.82) is 0 Å². The summed E-state index contributed by atoms with van der Waals surface area (Å²) in [6.07, 6.45) is 2.74. The van der Waals surface area contributed by atoms with Crippen LogP contribution in [-0.4, -0.2) is 41.1 Å². The summed E-state index contributed by atoms with van der Waals surface area (Å²) >= 11 is 5.91. The number of hydrogen-bond donors (Lipinski definition) is 2. The quantitative estimate of drug-likeness (QED) is 0.899. The Morgan fingerprint density at radius 1 is 1.52 bits per heavy atom. The number of halogens is 1. The number of amides is 1. The van der Waals surface area contributed by atoms with Gasteiger partial charge in [-0.25, -0.2) is 0 Å². The molecule has 1 amide bonds. The standard InChI is InChI=1S/C16H23ClN2O2/c1-11-9-13(17)6-7-14(11)18-16(21)10-19-8-4-3-5-15(19)12(2)20/h6-7,9,12,15,20H,3-5,8,10H2,1-2H3,(H,18,21). The molecule has 4 nitrogen and oxygen atoms in total. The molecule has 1 heterocycles. The number of benzene rings is 1. The molecule has 2 atom stereocenters. The molecule has 2 rings (SSSR count). The monoisotopic (exact) mass is 310 g/mol. The van der Waals surface area contributed by atoms with Gasteiger partial charge in [0, 0.05) is 16.8 Å². The van der Waals surface area contributed by atoms with Gasteiger partial charge >= 0.3 is 0 Å². The maximum absolute atomic E-state index is 12.2. The average molecular weight is 311 g/mol. The van der Waals surface area contributed by atoms with E-state index in [1.165, 1.54) is 0 Å². The molecule has 1 aromatic carbocycles. The fraction of sp³-hybridized carbons (Fsp3) is 0.562. The Labute approximate surface area is 131 Å². The van der Waals surface area contributed by atoms with E-state index >= 15 is 0 Å². The minimum absolute atomic E-state index is 0.0482. The molecule has 0 aliphatic carbocycles. The number of likely N-dealkylation sites (tertiary alicyclic amines) is 1. The average Bonchev–Trinajstić information content (AvgIpc) is 2.42. The summed E-state index contributed by atoms with van der Waals surface area (Å²) in [6, 6.07) is 5.49. The first kappa shape index (κ1) is 16.3. The Morgan fingerprint density at radius 3 is 2.95 bits per heavy atom. The Hall–Kier alpha value is -1.10. The van der Waals surface area contributed by atoms with Crippen molar-refractivity contribution in [2.75, 3.05) is 18.4 Å². The number of nitrogens with zero attached hydrogens (tertiary/aromatic N) is 1. The van der Waals surface area contributed by atoms with Gasteiger partial charge in [-0.2, -0.15) is 0 Å². The topological polar surface area (TPSA) is 52.6 Å². The van der Waals surface area contributed by atoms with Crippen LogP contribution in [0.3, 0.4) is 0 Å². The van der Waals surface area contributed by atoms with Gasteiger partial charge in [0.15, 0.2) is 0 Å². The number of nitrogens with one attached hydrogen (secondary N) is 1. The van der Waals surface area contributed by atoms with Gasteiger partial charge in [-0.15, -0.1) is 0 Å². The predicted molar refractivity (Wildman–Crippen MR) is 85.7 cm³/mol. The normalized spacial score (nSPS) is 21.0. The summed E-state index contributed by atoms with van der Waals surface area (Å²) in [5.41, 5.74) is 1.73. The minimum atomic E-state index is -0.407. The lowest BCUT2D eigenvalue weighted by molar-refractivity contribution is -0.118. The molecular weight excluding hydrogens is 288 g/mol. The molecule has 5 heteroatoms. The van der Waals surface area contributed by atoms with Gasteiger partial charge in [-0.1, -0.05) is 18.0 Å². The van der Waals surface area contributed by atoms with Crippen LogP contribution in [0, 0.1) is 6.92 Å². The van der Waals surface area contributed by atoms with Crippen molar-refractivity contribution in [1.82, 2.24) is 4.90 Å². The lowest BCUT2D eigenvalue weighted by Gasteiger charge is -2.36. The second-order valence-corrected chi connectivity index (χ2v) is 6.22. The lowest BCUT2D eigenvalue weighted by atomic mass is 9.98. The Morgan fingerprint density at radius 2 is 2.29 bits per heavy atom. The van der Waals surface area contributed by atoms with E-state index in [1.54, 1.807) is 13.0 Å². The van der Waals surface area contributed by atoms with Gasteiger partial charge in [-0.3, -0.25) is 9.69 Å². The van der Waals surface area contributed by atoms with Crippen molar-refractivity contribution >= 4 is 23.2 Å². The maximum atomic E-state index is 12.2. The molecule has 0 radical (unpaired) electrons. The van der Waals surface area contributed by atoms with Crippen LogP contribution in [0.1, 0.15) is 31.7 Å². The van der Waals surface area contributed by atoms with Crippen LogP contribution in [0.2, 0.25) is 5.02 Å². The number of piperidine rings is 1. The van der Waals surface area contributed by atoms with Crippen LogP contribution in [0.15, 0.2) is 18.2 Å². The zero-order valence-corrected chi connectivity index (χ0v) is 13.4. The first-order valence-corrected chi connectivity index (χ1v) is 7.83. The Kier molecular flexibility index (Phi) is 5.62. The van der Waals surface area contributed by atoms with Gasteiger partial charge in [-0.05, 0) is 57.0 Å². The zero-order valence-electron chi connectivity index (χ0n) is 12.6. The smallest absolute Gasteiger partial charge is 0.238 e. The highest BCUT2D eigenvalue weighted by Crippen LogP contribution is 2.21. The fourth-order valence-electron chi connectivity index (χ4n) is 2.90. The predicted octanol–water partition coefficient (Wildman–Crippen LogP) is 2.82. The van der Waals surface area contributed by atoms with Gasteiger partial charge in [0.1, 0.15) is 0 Å². The van der Waals surface area contributed by atoms with Crippen LogP contribution >= 0.6 is 11.6 Å². The SMILES string of the molecule is Cc1cc(Cl)ccc1NC(=O)CN1CCCCC1C(C)O. The number of hydrogen-bond acceptors (Lipinski definition) is 3. The van der Waals surface area contributed by atoms with E-state index in [4.69, 9.17) is 11.6 Å². The molecule has 0 bridgehead atoms. The zero-order chi connectivity index (χ0) is 15.4. The van der Waals surface area contributed by atoms with Crippen molar-refractivity contribution in [2.24, 2.45) is 0 Å². The number of rotatable bonds is 4. The largest absolute Gasteiger partial charge is 0.392 e. The van der Waals surface area contributed by atoms with Gasteiger partial charge in [0.25, 0.3) is 0 Å². The number of carbonyl (C=O) groups excluding carboxylic acids is 1. The molecule has 0 spiro atoms. The van der Waals surface area contributed by atoms with E-state index in [0.29, 0.717) is 11.6 Å². The number of carbonyl (C=O) groups is 1. The number of aryl methyl sites for hydroxylation is 1. The highest BCUT2D eigenvalue weighted by molar-refractivity contribution is 6.30. The molecule has 2 unspecified atom stereocenters. The van der Waals surface area contributed by atoms with Crippen LogP contribution < -0.4 is 5.32 Å². The summed E-state index contributed by atoms with van der Waals surface area (Å²) < 4.78 is 0. The summed E-state index contributed by atoms with van der Waals surface area (Å²) in [7, 11) is 0. The molecular formula is C16H23ClN2O2. The number of aliphatic hydroxyl groups excluding tert-OH is 1. The van der Waals surface area contributed by atoms with Crippen molar-refractivity contribution in [3.05, 3.63) is 28.8 Å². The first-order valence-electron chi connectivity index (χ1n) is 7.45. The van der Waals surface area contributed by atoms with Crippen molar-refractivity contribution in [3.63, 3.8) is 0 Å². The molecule has 1 aliphatic rings. The minimum Gasteiger partial charge on any atom is -0.392 e. The van der Waals surface area contributed by atoms with Gasteiger partial charge in [0.05, 0.1) is 12.6 Å². The van der Waals surface area contributed by atoms with Gasteiger partial charge < -0.3 is 10.4 Å². The molecule has 21 heavy (non-hydrogen) atoms. The lowest BCUT2D eigenvalue weighted by Crippen LogP contribution is -2.48. The van der Waals surface area contributed by atoms with E-state index in [1.807, 2.05) is 19.1 Å². The van der Waals surface area contributed by atoms with E-state index in [-0.39, 0.29) is 11.9 Å². The molecule has 1 fully saturated rings. The summed E-state index contributed by atoms with van der Waals surface area (Å²) in [6.45, 7) is 4.89. The Bertz CT molecular complexity index is 505. The third kappa shape index (κ3) is 4.43. The summed E-state index contributed by atoms with van der Waals surface area (Å²) in [4.78, 5) is 14.3. The number of anilines is 1. The van der Waals surface area contributed by atoms with Gasteiger partial charge in [0.2, 0.25) is 5.91 Å². The molecule has 1 aliphatic heterocycles. The third-order valence-corrected chi connectivity index (χ3v) is 4.27. The number of aliphatic hydroxyl groups is 1. The second kappa shape index (κ2) is 7.25. The fourth-order valence-corrected chi connectivity index (χ4v) is 3.13. The molecule has 0 saturated carbocycles. The van der Waals surface area contributed by atoms with E-state index in [0.717, 1.165) is 37.1 Å². The van der Waals surface area contributed by atoms with E-state index in [2.05, 4.69) is 10.2 Å². The highest BCUT2D eigenvalue weighted by Gasteiger charge is 2.27. The summed E-state index contributed by atoms with van der Waals surface area (Å²) in [5, 5.41) is 13.4. The molecule has 2 N–H and O–H groups in total. The molecule has 116 valence electrons. The van der Waals surface area contributed by atoms with E-state index < -0.39 is 6.10 Å². The first-order chi connectivity index (χ1) is 9.97. The summed E-state index contributed by atoms with van der Waals surface area (Å²) in [5.74, 6) is -0.0482. The van der Waals surface area contributed by atoms with Crippen molar-refractivity contribution in [2.45, 2.75) is 45.3 Å². The van der Waals surface area contributed by atoms with Crippen LogP contribution in [-0.2, 0) is 4.79 Å². The Balaban J connectivity index is 1.97. The van der Waals surface area contributed by atoms with Crippen molar-refractivity contribution in [3.8, 4) is 0 Å². The molecule has 0 aromatic heterocycles. The molecule has 1 aromatic rings. The van der Waals surface area contributed by atoms with Crippen LogP contribution in [0.5, 0.6) is 0 Å². The maximum Gasteiger partial charge on any atom is 0.238 e. The highest BCUT2D eigenvalue weighted by atomic mass is 35.5. The third-order valence-electron chi connectivity index (χ3n) is 4.03.